The molecule has 0 saturated heterocycles. The van der Waals surface area contributed by atoms with Crippen molar-refractivity contribution >= 4 is 38.5 Å². The molecular weight excluding hydrogens is 407 g/mol. The van der Waals surface area contributed by atoms with Gasteiger partial charge in [0, 0.05) is 20.6 Å². The molecule has 18 heavy (non-hydrogen) atoms. The summed E-state index contributed by atoms with van der Waals surface area (Å²) in [5, 5.41) is 11.6. The predicted molar refractivity (Wildman–Crippen MR) is 83.8 cm³/mol. The molecule has 2 rings (SSSR count). The number of aromatic nitrogens is 3. The minimum atomic E-state index is 0.444. The van der Waals surface area contributed by atoms with Crippen LogP contribution in [-0.2, 0) is 6.54 Å². The molecule has 2 aromatic rings. The molecule has 1 aromatic carbocycles. The number of hydrogen-bond acceptors (Lipinski definition) is 3. The molecule has 0 spiro atoms. The smallest absolute Gasteiger partial charge is 0.0969 e. The van der Waals surface area contributed by atoms with Gasteiger partial charge in [-0.1, -0.05) is 19.1 Å². The Bertz CT molecular complexity index is 539. The zero-order valence-corrected chi connectivity index (χ0v) is 13.9. The fourth-order valence-electron chi connectivity index (χ4n) is 1.47. The highest BCUT2D eigenvalue weighted by atomic mass is 127. The van der Waals surface area contributed by atoms with Crippen LogP contribution in [0.15, 0.2) is 28.9 Å². The summed E-state index contributed by atoms with van der Waals surface area (Å²) in [4.78, 5) is 0. The van der Waals surface area contributed by atoms with Crippen LogP contribution >= 0.6 is 38.5 Å². The van der Waals surface area contributed by atoms with E-state index in [1.54, 1.807) is 4.68 Å². The second-order valence-corrected chi connectivity index (χ2v) is 6.39. The Kier molecular flexibility index (Phi) is 4.74. The largest absolute Gasteiger partial charge is 0.309 e. The molecule has 1 heterocycles. The van der Waals surface area contributed by atoms with E-state index in [-0.39, 0.29) is 0 Å². The van der Waals surface area contributed by atoms with Crippen LogP contribution in [0.1, 0.15) is 19.5 Å². The molecular formula is C12H14BrIN4. The molecule has 0 saturated carbocycles. The van der Waals surface area contributed by atoms with Crippen LogP contribution in [0.25, 0.3) is 5.69 Å². The van der Waals surface area contributed by atoms with Crippen LogP contribution in [0.2, 0.25) is 0 Å². The number of hydrogen-bond donors (Lipinski definition) is 1. The van der Waals surface area contributed by atoms with Crippen molar-refractivity contribution in [1.29, 1.82) is 0 Å². The maximum atomic E-state index is 4.16. The first-order valence-corrected chi connectivity index (χ1v) is 7.53. The Morgan fingerprint density at radius 2 is 2.22 bits per heavy atom. The molecule has 4 nitrogen and oxygen atoms in total. The zero-order valence-electron chi connectivity index (χ0n) is 10.2. The summed E-state index contributed by atoms with van der Waals surface area (Å²) in [6, 6.07) is 6.58. The lowest BCUT2D eigenvalue weighted by Gasteiger charge is -2.05. The fourth-order valence-corrected chi connectivity index (χ4v) is 2.37. The Labute approximate surface area is 128 Å². The van der Waals surface area contributed by atoms with Crippen LogP contribution in [-0.4, -0.2) is 21.0 Å². The summed E-state index contributed by atoms with van der Waals surface area (Å²) < 4.78 is 3.98. The highest BCUT2D eigenvalue weighted by molar-refractivity contribution is 14.1. The van der Waals surface area contributed by atoms with Crippen molar-refractivity contribution in [1.82, 2.24) is 20.3 Å². The summed E-state index contributed by atoms with van der Waals surface area (Å²) in [6.45, 7) is 4.96. The van der Waals surface area contributed by atoms with Gasteiger partial charge < -0.3 is 5.32 Å². The molecule has 1 aromatic heterocycles. The third kappa shape index (κ3) is 3.52. The molecule has 1 N–H and O–H groups in total. The molecule has 0 amide bonds. The van der Waals surface area contributed by atoms with Gasteiger partial charge in [0.15, 0.2) is 0 Å². The fraction of sp³-hybridized carbons (Fsp3) is 0.333. The number of nitrogens with one attached hydrogen (secondary N) is 1. The molecule has 0 aliphatic rings. The predicted octanol–water partition coefficient (Wildman–Crippen LogP) is 3.13. The van der Waals surface area contributed by atoms with Crippen molar-refractivity contribution < 1.29 is 0 Å². The van der Waals surface area contributed by atoms with E-state index in [2.05, 4.69) is 74.1 Å². The molecule has 6 heteroatoms. The van der Waals surface area contributed by atoms with E-state index in [0.29, 0.717) is 6.04 Å². The van der Waals surface area contributed by atoms with E-state index in [0.717, 1.165) is 22.4 Å². The van der Waals surface area contributed by atoms with Gasteiger partial charge in [-0.15, -0.1) is 5.10 Å². The molecule has 96 valence electrons. The number of halogens is 2. The summed E-state index contributed by atoms with van der Waals surface area (Å²) in [5.41, 5.74) is 1.94. The van der Waals surface area contributed by atoms with E-state index < -0.39 is 0 Å². The van der Waals surface area contributed by atoms with E-state index >= 15 is 0 Å². The van der Waals surface area contributed by atoms with Crippen molar-refractivity contribution in [3.05, 3.63) is 38.1 Å². The molecule has 0 unspecified atom stereocenters. The van der Waals surface area contributed by atoms with Crippen LogP contribution in [0, 0.1) is 3.57 Å². The average molecular weight is 421 g/mol. The molecule has 0 bridgehead atoms. The first-order chi connectivity index (χ1) is 8.56. The Hall–Kier alpha value is -0.470. The lowest BCUT2D eigenvalue weighted by Crippen LogP contribution is -2.21. The van der Waals surface area contributed by atoms with E-state index in [4.69, 9.17) is 0 Å². The van der Waals surface area contributed by atoms with Crippen LogP contribution < -0.4 is 5.32 Å². The SMILES string of the molecule is CC(C)NCc1cn(-c2cc(I)ccc2Br)nn1. The van der Waals surface area contributed by atoms with E-state index in [1.165, 1.54) is 3.57 Å². The quantitative estimate of drug-likeness (QED) is 0.772. The highest BCUT2D eigenvalue weighted by Crippen LogP contribution is 2.22. The van der Waals surface area contributed by atoms with Gasteiger partial charge in [0.1, 0.15) is 0 Å². The topological polar surface area (TPSA) is 42.7 Å². The number of rotatable bonds is 4. The maximum Gasteiger partial charge on any atom is 0.0969 e. The van der Waals surface area contributed by atoms with Gasteiger partial charge in [0.2, 0.25) is 0 Å². The zero-order chi connectivity index (χ0) is 13.1. The van der Waals surface area contributed by atoms with Gasteiger partial charge in [-0.25, -0.2) is 4.68 Å². The summed E-state index contributed by atoms with van der Waals surface area (Å²) in [7, 11) is 0. The lowest BCUT2D eigenvalue weighted by molar-refractivity contribution is 0.580. The summed E-state index contributed by atoms with van der Waals surface area (Å²) in [5.74, 6) is 0. The van der Waals surface area contributed by atoms with Crippen LogP contribution in [0.5, 0.6) is 0 Å². The summed E-state index contributed by atoms with van der Waals surface area (Å²) in [6.07, 6.45) is 1.95. The van der Waals surface area contributed by atoms with Crippen molar-refractivity contribution in [2.75, 3.05) is 0 Å². The Morgan fingerprint density at radius 3 is 2.94 bits per heavy atom. The average Bonchev–Trinajstić information content (AvgIpc) is 2.78. The third-order valence-corrected chi connectivity index (χ3v) is 3.73. The van der Waals surface area contributed by atoms with E-state index in [9.17, 15) is 0 Å². The maximum absolute atomic E-state index is 4.16. The normalized spacial score (nSPS) is 11.2. The second-order valence-electron chi connectivity index (χ2n) is 4.29. The van der Waals surface area contributed by atoms with Crippen LogP contribution in [0.3, 0.4) is 0 Å². The van der Waals surface area contributed by atoms with Gasteiger partial charge in [-0.3, -0.25) is 0 Å². The number of nitrogens with zero attached hydrogens (tertiary/aromatic N) is 3. The van der Waals surface area contributed by atoms with Gasteiger partial charge in [-0.2, -0.15) is 0 Å². The third-order valence-electron chi connectivity index (χ3n) is 2.39. The van der Waals surface area contributed by atoms with Gasteiger partial charge in [-0.05, 0) is 56.7 Å². The molecule has 0 atom stereocenters. The van der Waals surface area contributed by atoms with Gasteiger partial charge in [0.05, 0.1) is 17.6 Å². The van der Waals surface area contributed by atoms with Crippen molar-refractivity contribution in [3.63, 3.8) is 0 Å². The molecule has 0 fully saturated rings. The monoisotopic (exact) mass is 420 g/mol. The van der Waals surface area contributed by atoms with Crippen LogP contribution in [0.4, 0.5) is 0 Å². The lowest BCUT2D eigenvalue weighted by atomic mass is 10.3. The summed E-state index contributed by atoms with van der Waals surface area (Å²) >= 11 is 5.82. The molecule has 0 aliphatic heterocycles. The van der Waals surface area contributed by atoms with Crippen molar-refractivity contribution in [2.45, 2.75) is 26.4 Å². The highest BCUT2D eigenvalue weighted by Gasteiger charge is 2.07. The minimum Gasteiger partial charge on any atom is -0.309 e. The van der Waals surface area contributed by atoms with Crippen molar-refractivity contribution in [3.8, 4) is 5.69 Å². The van der Waals surface area contributed by atoms with Crippen molar-refractivity contribution in [2.24, 2.45) is 0 Å². The minimum absolute atomic E-state index is 0.444. The first kappa shape index (κ1) is 14.0. The number of benzene rings is 1. The Morgan fingerprint density at radius 1 is 1.44 bits per heavy atom. The molecule has 0 aliphatic carbocycles. The first-order valence-electron chi connectivity index (χ1n) is 5.66. The Balaban J connectivity index is 2.21. The molecule has 0 radical (unpaired) electrons. The van der Waals surface area contributed by atoms with E-state index in [1.807, 2.05) is 18.3 Å². The van der Waals surface area contributed by atoms with Gasteiger partial charge >= 0.3 is 0 Å². The second kappa shape index (κ2) is 6.12. The standard InChI is InChI=1S/C12H14BrIN4/c1-8(2)15-6-10-7-18(17-16-10)12-5-9(14)3-4-11(12)13/h3-5,7-8,15H,6H2,1-2H3. The van der Waals surface area contributed by atoms with Gasteiger partial charge in [0.25, 0.3) is 0 Å².